The van der Waals surface area contributed by atoms with Crippen molar-refractivity contribution in [2.75, 3.05) is 0 Å². The number of carbonyl (C=O) groups excluding carboxylic acids is 1. The Kier molecular flexibility index (Phi) is 3.72. The van der Waals surface area contributed by atoms with Gasteiger partial charge in [0.15, 0.2) is 0 Å². The smallest absolute Gasteiger partial charge is 0.122 e. The molecule has 1 N–H and O–H groups in total. The summed E-state index contributed by atoms with van der Waals surface area (Å²) >= 11 is 11.4. The number of halogens is 2. The fourth-order valence-corrected chi connectivity index (χ4v) is 1.25. The molecule has 4 heteroatoms. The van der Waals surface area contributed by atoms with Crippen LogP contribution in [0.4, 0.5) is 0 Å². The van der Waals surface area contributed by atoms with Crippen molar-refractivity contribution in [1.82, 2.24) is 0 Å². The first-order valence-corrected chi connectivity index (χ1v) is 4.47. The van der Waals surface area contributed by atoms with E-state index in [9.17, 15) is 9.90 Å². The van der Waals surface area contributed by atoms with E-state index in [-0.39, 0.29) is 6.42 Å². The zero-order valence-corrected chi connectivity index (χ0v) is 8.22. The molecule has 1 atom stereocenters. The number of benzene rings is 1. The second-order valence-corrected chi connectivity index (χ2v) is 3.41. The standard InChI is InChI=1S/C9H8Cl2O2/c10-7-2-1-6(5-8(7)11)9(13)3-4-12/h1-2,4-5,9,13H,3H2. The predicted octanol–water partition coefficient (Wildman–Crippen LogP) is 2.62. The Balaban J connectivity index is 2.89. The number of hydrogen-bond acceptors (Lipinski definition) is 2. The van der Waals surface area contributed by atoms with E-state index in [0.29, 0.717) is 21.9 Å². The summed E-state index contributed by atoms with van der Waals surface area (Å²) in [6.07, 6.45) is -0.0715. The van der Waals surface area contributed by atoms with E-state index >= 15 is 0 Å². The molecular weight excluding hydrogens is 211 g/mol. The molecule has 0 aromatic heterocycles. The van der Waals surface area contributed by atoms with Crippen molar-refractivity contribution in [2.45, 2.75) is 12.5 Å². The zero-order valence-electron chi connectivity index (χ0n) is 6.71. The monoisotopic (exact) mass is 218 g/mol. The van der Waals surface area contributed by atoms with Crippen LogP contribution in [0.15, 0.2) is 18.2 Å². The van der Waals surface area contributed by atoms with Gasteiger partial charge >= 0.3 is 0 Å². The van der Waals surface area contributed by atoms with Gasteiger partial charge in [-0.25, -0.2) is 0 Å². The number of aldehydes is 1. The molecule has 0 aliphatic heterocycles. The van der Waals surface area contributed by atoms with E-state index in [2.05, 4.69) is 0 Å². The van der Waals surface area contributed by atoms with Gasteiger partial charge in [-0.05, 0) is 17.7 Å². The van der Waals surface area contributed by atoms with Crippen molar-refractivity contribution in [1.29, 1.82) is 0 Å². The lowest BCUT2D eigenvalue weighted by Crippen LogP contribution is -1.97. The summed E-state index contributed by atoms with van der Waals surface area (Å²) in [6.45, 7) is 0. The quantitative estimate of drug-likeness (QED) is 0.793. The Bertz CT molecular complexity index is 312. The summed E-state index contributed by atoms with van der Waals surface area (Å²) in [4.78, 5) is 10.1. The van der Waals surface area contributed by atoms with Gasteiger partial charge in [0, 0.05) is 6.42 Å². The van der Waals surface area contributed by atoms with Crippen molar-refractivity contribution < 1.29 is 9.90 Å². The van der Waals surface area contributed by atoms with E-state index in [1.54, 1.807) is 18.2 Å². The van der Waals surface area contributed by atoms with E-state index < -0.39 is 6.10 Å². The first-order chi connectivity index (χ1) is 6.15. The summed E-state index contributed by atoms with van der Waals surface area (Å²) in [5, 5.41) is 10.2. The molecule has 0 aliphatic carbocycles. The molecule has 13 heavy (non-hydrogen) atoms. The van der Waals surface area contributed by atoms with Crippen molar-refractivity contribution in [2.24, 2.45) is 0 Å². The van der Waals surface area contributed by atoms with Gasteiger partial charge < -0.3 is 9.90 Å². The highest BCUT2D eigenvalue weighted by atomic mass is 35.5. The Labute approximate surface area is 86.1 Å². The summed E-state index contributed by atoms with van der Waals surface area (Å²) in [5.41, 5.74) is 0.599. The first-order valence-electron chi connectivity index (χ1n) is 3.72. The molecular formula is C9H8Cl2O2. The highest BCUT2D eigenvalue weighted by Crippen LogP contribution is 2.26. The highest BCUT2D eigenvalue weighted by molar-refractivity contribution is 6.42. The zero-order chi connectivity index (χ0) is 9.84. The summed E-state index contributed by atoms with van der Waals surface area (Å²) in [7, 11) is 0. The lowest BCUT2D eigenvalue weighted by atomic mass is 10.1. The van der Waals surface area contributed by atoms with Crippen LogP contribution < -0.4 is 0 Å². The first kappa shape index (κ1) is 10.5. The van der Waals surface area contributed by atoms with Crippen LogP contribution in [0.5, 0.6) is 0 Å². The number of aliphatic hydroxyl groups excluding tert-OH is 1. The molecule has 1 aromatic carbocycles. The molecule has 0 spiro atoms. The van der Waals surface area contributed by atoms with E-state index in [0.717, 1.165) is 0 Å². The van der Waals surface area contributed by atoms with Gasteiger partial charge in [-0.1, -0.05) is 29.3 Å². The Morgan fingerprint density at radius 3 is 2.62 bits per heavy atom. The van der Waals surface area contributed by atoms with E-state index in [1.807, 2.05) is 0 Å². The van der Waals surface area contributed by atoms with Gasteiger partial charge in [0.2, 0.25) is 0 Å². The molecule has 0 bridgehead atoms. The second kappa shape index (κ2) is 4.61. The third-order valence-corrected chi connectivity index (χ3v) is 2.39. The molecule has 0 heterocycles. The molecule has 1 aromatic rings. The maximum atomic E-state index is 10.1. The summed E-state index contributed by atoms with van der Waals surface area (Å²) < 4.78 is 0. The van der Waals surface area contributed by atoms with Gasteiger partial charge in [-0.3, -0.25) is 0 Å². The number of rotatable bonds is 3. The van der Waals surface area contributed by atoms with Gasteiger partial charge in [0.05, 0.1) is 16.1 Å². The topological polar surface area (TPSA) is 37.3 Å². The van der Waals surface area contributed by atoms with Crippen LogP contribution >= 0.6 is 23.2 Å². The van der Waals surface area contributed by atoms with Crippen LogP contribution in [-0.2, 0) is 4.79 Å². The normalized spacial score (nSPS) is 12.5. The van der Waals surface area contributed by atoms with Crippen LogP contribution in [0.25, 0.3) is 0 Å². The minimum atomic E-state index is -0.799. The largest absolute Gasteiger partial charge is 0.388 e. The maximum Gasteiger partial charge on any atom is 0.122 e. The Morgan fingerprint density at radius 1 is 1.38 bits per heavy atom. The molecule has 2 nitrogen and oxygen atoms in total. The molecule has 70 valence electrons. The van der Waals surface area contributed by atoms with Crippen molar-refractivity contribution in [3.63, 3.8) is 0 Å². The molecule has 0 aliphatic rings. The molecule has 0 saturated heterocycles. The molecule has 1 unspecified atom stereocenters. The lowest BCUT2D eigenvalue weighted by molar-refractivity contribution is -0.109. The number of aliphatic hydroxyl groups is 1. The average Bonchev–Trinajstić information content (AvgIpc) is 2.10. The number of hydrogen-bond donors (Lipinski definition) is 1. The van der Waals surface area contributed by atoms with Crippen molar-refractivity contribution in [3.8, 4) is 0 Å². The van der Waals surface area contributed by atoms with Gasteiger partial charge in [-0.2, -0.15) is 0 Å². The SMILES string of the molecule is O=CCC(O)c1ccc(Cl)c(Cl)c1. The molecule has 0 radical (unpaired) electrons. The summed E-state index contributed by atoms with van der Waals surface area (Å²) in [5.74, 6) is 0. The molecule has 0 fully saturated rings. The Hall–Kier alpha value is -0.570. The minimum absolute atomic E-state index is 0.0674. The third-order valence-electron chi connectivity index (χ3n) is 1.65. The van der Waals surface area contributed by atoms with Gasteiger partial charge in [0.25, 0.3) is 0 Å². The predicted molar refractivity (Wildman–Crippen MR) is 52.1 cm³/mol. The van der Waals surface area contributed by atoms with Crippen molar-refractivity contribution >= 4 is 29.5 Å². The fourth-order valence-electron chi connectivity index (χ4n) is 0.947. The second-order valence-electron chi connectivity index (χ2n) is 2.59. The fraction of sp³-hybridized carbons (Fsp3) is 0.222. The third kappa shape index (κ3) is 2.69. The lowest BCUT2D eigenvalue weighted by Gasteiger charge is -2.07. The van der Waals surface area contributed by atoms with Crippen molar-refractivity contribution in [3.05, 3.63) is 33.8 Å². The van der Waals surface area contributed by atoms with Gasteiger partial charge in [-0.15, -0.1) is 0 Å². The van der Waals surface area contributed by atoms with Crippen LogP contribution in [0.2, 0.25) is 10.0 Å². The van der Waals surface area contributed by atoms with E-state index in [1.165, 1.54) is 0 Å². The Morgan fingerprint density at radius 2 is 2.08 bits per heavy atom. The molecule has 0 saturated carbocycles. The molecule has 0 amide bonds. The van der Waals surface area contributed by atoms with E-state index in [4.69, 9.17) is 23.2 Å². The van der Waals surface area contributed by atoms with Crippen LogP contribution in [-0.4, -0.2) is 11.4 Å². The van der Waals surface area contributed by atoms with Crippen LogP contribution in [0.1, 0.15) is 18.1 Å². The highest BCUT2D eigenvalue weighted by Gasteiger charge is 2.08. The van der Waals surface area contributed by atoms with Crippen LogP contribution in [0.3, 0.4) is 0 Å². The minimum Gasteiger partial charge on any atom is -0.388 e. The number of carbonyl (C=O) groups is 1. The molecule has 1 rings (SSSR count). The van der Waals surface area contributed by atoms with Gasteiger partial charge in [0.1, 0.15) is 6.29 Å². The average molecular weight is 219 g/mol. The maximum absolute atomic E-state index is 10.1. The van der Waals surface area contributed by atoms with Crippen LogP contribution in [0, 0.1) is 0 Å². The summed E-state index contributed by atoms with van der Waals surface area (Å²) in [6, 6.07) is 4.79.